The number of phenols is 2. The molecule has 0 aliphatic carbocycles. The number of benzene rings is 2. The van der Waals surface area contributed by atoms with Gasteiger partial charge in [0.15, 0.2) is 0 Å². The topological polar surface area (TPSA) is 111 Å². The average molecular weight is 438 g/mol. The molecule has 0 saturated carbocycles. The number of phenolic OH excluding ortho intramolecular Hbond substituents is 2. The summed E-state index contributed by atoms with van der Waals surface area (Å²) in [7, 11) is 0. The molecule has 0 radical (unpaired) electrons. The Balaban J connectivity index is 1.97. The molecular weight excluding hydrogens is 421 g/mol. The molecule has 0 aromatic heterocycles. The number of amides is 2. The Morgan fingerprint density at radius 1 is 1.22 bits per heavy atom. The fourth-order valence-corrected chi connectivity index (χ4v) is 2.72. The van der Waals surface area contributed by atoms with Crippen molar-refractivity contribution in [1.29, 1.82) is 0 Å². The lowest BCUT2D eigenvalue weighted by molar-refractivity contribution is -0.120. The lowest BCUT2D eigenvalue weighted by Gasteiger charge is -2.12. The number of hydrazone groups is 1. The number of rotatable bonds is 5. The molecule has 2 rings (SSSR count). The van der Waals surface area contributed by atoms with Crippen molar-refractivity contribution < 1.29 is 24.2 Å². The molecule has 0 heterocycles. The first kappa shape index (κ1) is 20.4. The standard InChI is InChI=1S/C18H17BrFN3O4/c1-9-13(16(25)10(2)17(26)15(9)19)7-22-23-14(24)8-21-18(27)11-4-3-5-12(20)6-11/h3-7,25-26H,8H2,1-2H3,(H,21,27)(H,23,24). The molecule has 0 fully saturated rings. The van der Waals surface area contributed by atoms with Gasteiger partial charge in [-0.2, -0.15) is 5.10 Å². The van der Waals surface area contributed by atoms with Gasteiger partial charge in [0.1, 0.15) is 17.3 Å². The molecule has 0 saturated heterocycles. The Morgan fingerprint density at radius 2 is 1.93 bits per heavy atom. The molecule has 0 atom stereocenters. The monoisotopic (exact) mass is 437 g/mol. The van der Waals surface area contributed by atoms with Gasteiger partial charge in [-0.1, -0.05) is 6.07 Å². The first-order valence-corrected chi connectivity index (χ1v) is 8.58. The van der Waals surface area contributed by atoms with Crippen molar-refractivity contribution in [3.63, 3.8) is 0 Å². The molecule has 9 heteroatoms. The van der Waals surface area contributed by atoms with Crippen LogP contribution in [0.3, 0.4) is 0 Å². The van der Waals surface area contributed by atoms with E-state index in [1.54, 1.807) is 6.92 Å². The van der Waals surface area contributed by atoms with Crippen LogP contribution in [-0.2, 0) is 4.79 Å². The van der Waals surface area contributed by atoms with Crippen molar-refractivity contribution in [3.05, 3.63) is 56.8 Å². The van der Waals surface area contributed by atoms with Crippen LogP contribution < -0.4 is 10.7 Å². The highest BCUT2D eigenvalue weighted by atomic mass is 79.9. The second-order valence-corrected chi connectivity index (χ2v) is 6.45. The number of carbonyl (C=O) groups excluding carboxylic acids is 2. The van der Waals surface area contributed by atoms with E-state index in [1.165, 1.54) is 31.3 Å². The molecule has 0 aliphatic rings. The maximum Gasteiger partial charge on any atom is 0.259 e. The van der Waals surface area contributed by atoms with E-state index in [2.05, 4.69) is 31.8 Å². The van der Waals surface area contributed by atoms with E-state index in [0.29, 0.717) is 15.6 Å². The Bertz CT molecular complexity index is 902. The van der Waals surface area contributed by atoms with Gasteiger partial charge < -0.3 is 15.5 Å². The lowest BCUT2D eigenvalue weighted by atomic mass is 10.0. The third-order valence-corrected chi connectivity index (χ3v) is 4.76. The molecule has 4 N–H and O–H groups in total. The van der Waals surface area contributed by atoms with E-state index in [4.69, 9.17) is 0 Å². The predicted molar refractivity (Wildman–Crippen MR) is 101 cm³/mol. The summed E-state index contributed by atoms with van der Waals surface area (Å²) in [4.78, 5) is 23.6. The van der Waals surface area contributed by atoms with Gasteiger partial charge >= 0.3 is 0 Å². The molecule has 0 spiro atoms. The van der Waals surface area contributed by atoms with Gasteiger partial charge in [-0.15, -0.1) is 0 Å². The van der Waals surface area contributed by atoms with E-state index in [0.717, 1.165) is 6.07 Å². The molecule has 0 aliphatic heterocycles. The van der Waals surface area contributed by atoms with Gasteiger partial charge in [-0.25, -0.2) is 9.82 Å². The summed E-state index contributed by atoms with van der Waals surface area (Å²) in [6.45, 7) is 2.83. The Hall–Kier alpha value is -2.94. The van der Waals surface area contributed by atoms with Crippen LogP contribution in [0.4, 0.5) is 4.39 Å². The van der Waals surface area contributed by atoms with Gasteiger partial charge in [0.05, 0.1) is 17.2 Å². The Kier molecular flexibility index (Phi) is 6.51. The van der Waals surface area contributed by atoms with Crippen molar-refractivity contribution in [1.82, 2.24) is 10.7 Å². The number of hydrogen-bond donors (Lipinski definition) is 4. The molecule has 27 heavy (non-hydrogen) atoms. The van der Waals surface area contributed by atoms with E-state index in [9.17, 15) is 24.2 Å². The normalized spacial score (nSPS) is 10.8. The summed E-state index contributed by atoms with van der Waals surface area (Å²) in [6.07, 6.45) is 1.23. The second kappa shape index (κ2) is 8.63. The first-order valence-electron chi connectivity index (χ1n) is 7.78. The molecule has 0 unspecified atom stereocenters. The molecule has 2 amide bonds. The largest absolute Gasteiger partial charge is 0.507 e. The van der Waals surface area contributed by atoms with Gasteiger partial charge in [0.2, 0.25) is 0 Å². The molecule has 2 aromatic carbocycles. The Labute approximate surface area is 163 Å². The van der Waals surface area contributed by atoms with Crippen LogP contribution in [0.1, 0.15) is 27.0 Å². The maximum absolute atomic E-state index is 13.1. The van der Waals surface area contributed by atoms with Crippen molar-refractivity contribution in [2.75, 3.05) is 6.54 Å². The minimum atomic E-state index is -0.609. The van der Waals surface area contributed by atoms with Crippen LogP contribution in [0.5, 0.6) is 11.5 Å². The summed E-state index contributed by atoms with van der Waals surface area (Å²) in [5.41, 5.74) is 3.43. The molecule has 142 valence electrons. The van der Waals surface area contributed by atoms with Crippen LogP contribution in [0.2, 0.25) is 0 Å². The van der Waals surface area contributed by atoms with Gasteiger partial charge in [-0.05, 0) is 53.5 Å². The molecular formula is C18H17BrFN3O4. The molecule has 0 bridgehead atoms. The summed E-state index contributed by atoms with van der Waals surface area (Å²) >= 11 is 3.22. The number of aromatic hydroxyl groups is 2. The zero-order chi connectivity index (χ0) is 20.1. The van der Waals surface area contributed by atoms with Crippen LogP contribution in [0.15, 0.2) is 33.8 Å². The first-order chi connectivity index (χ1) is 12.7. The van der Waals surface area contributed by atoms with Gasteiger partial charge in [0, 0.05) is 16.7 Å². The average Bonchev–Trinajstić information content (AvgIpc) is 2.65. The van der Waals surface area contributed by atoms with E-state index in [1.807, 2.05) is 0 Å². The maximum atomic E-state index is 13.1. The number of halogens is 2. The van der Waals surface area contributed by atoms with Crippen molar-refractivity contribution >= 4 is 34.0 Å². The summed E-state index contributed by atoms with van der Waals surface area (Å²) in [5, 5.41) is 26.0. The number of carbonyl (C=O) groups is 2. The van der Waals surface area contributed by atoms with E-state index >= 15 is 0 Å². The highest BCUT2D eigenvalue weighted by Gasteiger charge is 2.16. The summed E-state index contributed by atoms with van der Waals surface area (Å²) < 4.78 is 13.5. The highest BCUT2D eigenvalue weighted by molar-refractivity contribution is 9.10. The summed E-state index contributed by atoms with van der Waals surface area (Å²) in [5.74, 6) is -2.00. The summed E-state index contributed by atoms with van der Waals surface area (Å²) in [6, 6.07) is 5.08. The van der Waals surface area contributed by atoms with E-state index in [-0.39, 0.29) is 29.2 Å². The minimum absolute atomic E-state index is 0.0775. The zero-order valence-electron chi connectivity index (χ0n) is 14.5. The Morgan fingerprint density at radius 3 is 2.59 bits per heavy atom. The third kappa shape index (κ3) is 4.82. The van der Waals surface area contributed by atoms with Crippen LogP contribution in [0, 0.1) is 19.7 Å². The number of nitrogens with one attached hydrogen (secondary N) is 2. The van der Waals surface area contributed by atoms with Gasteiger partial charge in [-0.3, -0.25) is 9.59 Å². The fraction of sp³-hybridized carbons (Fsp3) is 0.167. The number of nitrogens with zero attached hydrogens (tertiary/aromatic N) is 1. The third-order valence-electron chi connectivity index (χ3n) is 3.79. The van der Waals surface area contributed by atoms with Crippen molar-refractivity contribution in [2.45, 2.75) is 13.8 Å². The zero-order valence-corrected chi connectivity index (χ0v) is 16.1. The van der Waals surface area contributed by atoms with Gasteiger partial charge in [0.25, 0.3) is 11.8 Å². The highest BCUT2D eigenvalue weighted by Crippen LogP contribution is 2.39. The molecule has 2 aromatic rings. The van der Waals surface area contributed by atoms with Crippen molar-refractivity contribution in [2.24, 2.45) is 5.10 Å². The van der Waals surface area contributed by atoms with Crippen LogP contribution in [-0.4, -0.2) is 34.8 Å². The molecule has 7 nitrogen and oxygen atoms in total. The smallest absolute Gasteiger partial charge is 0.259 e. The quantitative estimate of drug-likeness (QED) is 0.425. The fourth-order valence-electron chi connectivity index (χ4n) is 2.21. The van der Waals surface area contributed by atoms with Crippen LogP contribution in [0.25, 0.3) is 0 Å². The second-order valence-electron chi connectivity index (χ2n) is 5.66. The predicted octanol–water partition coefficient (Wildman–Crippen LogP) is 2.50. The minimum Gasteiger partial charge on any atom is -0.507 e. The lowest BCUT2D eigenvalue weighted by Crippen LogP contribution is -2.34. The number of hydrogen-bond acceptors (Lipinski definition) is 5. The SMILES string of the molecule is Cc1c(O)c(Br)c(C)c(C=NNC(=O)CNC(=O)c2cccc(F)c2)c1O. The van der Waals surface area contributed by atoms with E-state index < -0.39 is 17.6 Å². The van der Waals surface area contributed by atoms with Crippen molar-refractivity contribution in [3.8, 4) is 11.5 Å². The van der Waals surface area contributed by atoms with Crippen LogP contribution >= 0.6 is 15.9 Å².